The summed E-state index contributed by atoms with van der Waals surface area (Å²) in [6.45, 7) is 0.326. The van der Waals surface area contributed by atoms with E-state index in [2.05, 4.69) is 16.0 Å². The topological polar surface area (TPSA) is 108 Å². The van der Waals surface area contributed by atoms with Crippen LogP contribution in [0.2, 0.25) is 0 Å². The van der Waals surface area contributed by atoms with Gasteiger partial charge in [0.2, 0.25) is 5.91 Å². The van der Waals surface area contributed by atoms with Crippen molar-refractivity contribution in [2.24, 2.45) is 0 Å². The van der Waals surface area contributed by atoms with Crippen LogP contribution in [0.15, 0.2) is 18.2 Å². The van der Waals surface area contributed by atoms with Crippen LogP contribution in [0.1, 0.15) is 23.2 Å². The number of carbonyl (C=O) groups excluding carboxylic acids is 2. The number of carbonyl (C=O) groups is 3. The van der Waals surface area contributed by atoms with Crippen LogP contribution in [0, 0.1) is 5.82 Å². The summed E-state index contributed by atoms with van der Waals surface area (Å²) < 4.78 is 13.6. The Hall–Kier alpha value is -2.64. The molecule has 1 unspecified atom stereocenters. The number of nitrogens with one attached hydrogen (secondary N) is 3. The first-order valence-electron chi connectivity index (χ1n) is 6.33. The number of carboxylic acids is 1. The van der Waals surface area contributed by atoms with Crippen LogP contribution in [0.4, 0.5) is 14.9 Å². The second-order valence-corrected chi connectivity index (χ2v) is 4.64. The minimum Gasteiger partial charge on any atom is -0.478 e. The van der Waals surface area contributed by atoms with Crippen LogP contribution >= 0.6 is 0 Å². The molecule has 3 amide bonds. The lowest BCUT2D eigenvalue weighted by molar-refractivity contribution is -0.122. The first-order chi connectivity index (χ1) is 9.95. The number of benzene rings is 1. The molecule has 0 spiro atoms. The maximum absolute atomic E-state index is 13.6. The number of piperidine rings is 1. The number of anilines is 1. The summed E-state index contributed by atoms with van der Waals surface area (Å²) >= 11 is 0. The predicted octanol–water partition coefficient (Wildman–Crippen LogP) is 0.924. The predicted molar refractivity (Wildman–Crippen MR) is 71.5 cm³/mol. The van der Waals surface area contributed by atoms with Crippen LogP contribution in [0.3, 0.4) is 0 Å². The molecular formula is C13H14FN3O4. The van der Waals surface area contributed by atoms with Gasteiger partial charge >= 0.3 is 12.0 Å². The van der Waals surface area contributed by atoms with E-state index in [0.717, 1.165) is 6.07 Å². The SMILES string of the molecule is O=C1CCC(NC(=O)Nc2ccc(C(=O)O)cc2F)CN1. The van der Waals surface area contributed by atoms with Gasteiger partial charge in [-0.15, -0.1) is 0 Å². The molecule has 0 bridgehead atoms. The average molecular weight is 295 g/mol. The van der Waals surface area contributed by atoms with Crippen LogP contribution < -0.4 is 16.0 Å². The fourth-order valence-corrected chi connectivity index (χ4v) is 1.95. The lowest BCUT2D eigenvalue weighted by Crippen LogP contribution is -2.48. The Morgan fingerprint density at radius 3 is 2.71 bits per heavy atom. The van der Waals surface area contributed by atoms with E-state index in [0.29, 0.717) is 19.4 Å². The zero-order valence-corrected chi connectivity index (χ0v) is 11.0. The van der Waals surface area contributed by atoms with E-state index in [9.17, 15) is 18.8 Å². The summed E-state index contributed by atoms with van der Waals surface area (Å²) in [7, 11) is 0. The Bertz CT molecular complexity index is 581. The summed E-state index contributed by atoms with van der Waals surface area (Å²) in [6, 6.07) is 2.38. The molecule has 1 aliphatic heterocycles. The molecule has 2 rings (SSSR count). The summed E-state index contributed by atoms with van der Waals surface area (Å²) in [6.07, 6.45) is 0.840. The quantitative estimate of drug-likeness (QED) is 0.665. The standard InChI is InChI=1S/C13H14FN3O4/c14-9-5-7(12(19)20)1-3-10(9)17-13(21)16-8-2-4-11(18)15-6-8/h1,3,5,8H,2,4,6H2,(H,15,18)(H,19,20)(H2,16,17,21). The largest absolute Gasteiger partial charge is 0.478 e. The minimum absolute atomic E-state index is 0.0660. The molecule has 1 atom stereocenters. The highest BCUT2D eigenvalue weighted by atomic mass is 19.1. The van der Waals surface area contributed by atoms with E-state index in [1.54, 1.807) is 0 Å². The number of carboxylic acid groups (broad SMARTS) is 1. The first kappa shape index (κ1) is 14.8. The van der Waals surface area contributed by atoms with Gasteiger partial charge in [0.15, 0.2) is 0 Å². The number of aromatic carboxylic acids is 1. The van der Waals surface area contributed by atoms with Gasteiger partial charge in [-0.25, -0.2) is 14.0 Å². The zero-order valence-electron chi connectivity index (χ0n) is 11.0. The van der Waals surface area contributed by atoms with E-state index in [-0.39, 0.29) is 23.2 Å². The number of hydrogen-bond acceptors (Lipinski definition) is 3. The van der Waals surface area contributed by atoms with Gasteiger partial charge in [0.05, 0.1) is 11.3 Å². The maximum Gasteiger partial charge on any atom is 0.335 e. The molecule has 112 valence electrons. The van der Waals surface area contributed by atoms with Crippen LogP contribution in [0.5, 0.6) is 0 Å². The summed E-state index contributed by atoms with van der Waals surface area (Å²) in [4.78, 5) is 33.4. The molecule has 21 heavy (non-hydrogen) atoms. The Kier molecular flexibility index (Phi) is 4.36. The summed E-state index contributed by atoms with van der Waals surface area (Å²) in [5, 5.41) is 16.2. The molecule has 1 fully saturated rings. The third-order valence-electron chi connectivity index (χ3n) is 3.06. The zero-order chi connectivity index (χ0) is 15.4. The number of amides is 3. The highest BCUT2D eigenvalue weighted by Crippen LogP contribution is 2.16. The average Bonchev–Trinajstić information content (AvgIpc) is 2.43. The van der Waals surface area contributed by atoms with Crippen molar-refractivity contribution in [1.82, 2.24) is 10.6 Å². The van der Waals surface area contributed by atoms with Crippen LogP contribution in [-0.2, 0) is 4.79 Å². The van der Waals surface area contributed by atoms with Crippen molar-refractivity contribution in [3.63, 3.8) is 0 Å². The molecule has 0 aromatic heterocycles. The molecule has 0 saturated carbocycles. The molecule has 1 aliphatic rings. The van der Waals surface area contributed by atoms with Crippen molar-refractivity contribution in [2.45, 2.75) is 18.9 Å². The van der Waals surface area contributed by atoms with Crippen molar-refractivity contribution in [1.29, 1.82) is 0 Å². The monoisotopic (exact) mass is 295 g/mol. The molecular weight excluding hydrogens is 281 g/mol. The van der Waals surface area contributed by atoms with Gasteiger partial charge in [0.1, 0.15) is 5.82 Å². The van der Waals surface area contributed by atoms with Crippen molar-refractivity contribution in [3.05, 3.63) is 29.6 Å². The van der Waals surface area contributed by atoms with Crippen LogP contribution in [-0.4, -0.2) is 35.6 Å². The van der Waals surface area contributed by atoms with Gasteiger partial charge < -0.3 is 21.1 Å². The fourth-order valence-electron chi connectivity index (χ4n) is 1.95. The van der Waals surface area contributed by atoms with Crippen molar-refractivity contribution in [2.75, 3.05) is 11.9 Å². The second kappa shape index (κ2) is 6.21. The second-order valence-electron chi connectivity index (χ2n) is 4.64. The summed E-state index contributed by atoms with van der Waals surface area (Å²) in [5.74, 6) is -2.14. The Morgan fingerprint density at radius 1 is 1.38 bits per heavy atom. The molecule has 7 nitrogen and oxygen atoms in total. The first-order valence-corrected chi connectivity index (χ1v) is 6.33. The molecule has 1 aromatic rings. The van der Waals surface area contributed by atoms with Gasteiger partial charge in [-0.05, 0) is 24.6 Å². The van der Waals surface area contributed by atoms with Gasteiger partial charge in [0.25, 0.3) is 0 Å². The highest BCUT2D eigenvalue weighted by molar-refractivity contribution is 5.92. The lowest BCUT2D eigenvalue weighted by atomic mass is 10.1. The molecule has 1 heterocycles. The van der Waals surface area contributed by atoms with E-state index >= 15 is 0 Å². The molecule has 1 saturated heterocycles. The number of rotatable bonds is 3. The Labute approximate surface area is 119 Å². The van der Waals surface area contributed by atoms with Gasteiger partial charge in [-0.2, -0.15) is 0 Å². The van der Waals surface area contributed by atoms with Crippen molar-refractivity contribution < 1.29 is 23.9 Å². The van der Waals surface area contributed by atoms with E-state index in [1.807, 2.05) is 0 Å². The van der Waals surface area contributed by atoms with Gasteiger partial charge in [-0.3, -0.25) is 4.79 Å². The Morgan fingerprint density at radius 2 is 2.14 bits per heavy atom. The molecule has 0 radical (unpaired) electrons. The maximum atomic E-state index is 13.6. The third kappa shape index (κ3) is 3.91. The number of hydrogen-bond donors (Lipinski definition) is 4. The number of urea groups is 1. The van der Waals surface area contributed by atoms with Gasteiger partial charge in [-0.1, -0.05) is 0 Å². The van der Waals surface area contributed by atoms with Gasteiger partial charge in [0, 0.05) is 19.0 Å². The fraction of sp³-hybridized carbons (Fsp3) is 0.308. The Balaban J connectivity index is 1.93. The minimum atomic E-state index is -1.25. The van der Waals surface area contributed by atoms with E-state index in [4.69, 9.17) is 5.11 Å². The lowest BCUT2D eigenvalue weighted by Gasteiger charge is -2.23. The van der Waals surface area contributed by atoms with E-state index in [1.165, 1.54) is 12.1 Å². The molecule has 8 heteroatoms. The highest BCUT2D eigenvalue weighted by Gasteiger charge is 2.20. The molecule has 0 aliphatic carbocycles. The van der Waals surface area contributed by atoms with Crippen molar-refractivity contribution >= 4 is 23.6 Å². The molecule has 4 N–H and O–H groups in total. The van der Waals surface area contributed by atoms with Crippen molar-refractivity contribution in [3.8, 4) is 0 Å². The smallest absolute Gasteiger partial charge is 0.335 e. The normalized spacial score (nSPS) is 17.8. The molecule has 1 aromatic carbocycles. The van der Waals surface area contributed by atoms with Crippen LogP contribution in [0.25, 0.3) is 0 Å². The third-order valence-corrected chi connectivity index (χ3v) is 3.06. The number of halogens is 1. The van der Waals surface area contributed by atoms with E-state index < -0.39 is 17.8 Å². The summed E-state index contributed by atoms with van der Waals surface area (Å²) in [5.41, 5.74) is -0.314.